The summed E-state index contributed by atoms with van der Waals surface area (Å²) in [5.74, 6) is 0. The first kappa shape index (κ1) is 13.8. The molecular formula is C8H18O6. The lowest BCUT2D eigenvalue weighted by Crippen LogP contribution is -2.19. The van der Waals surface area contributed by atoms with Crippen molar-refractivity contribution in [1.29, 1.82) is 0 Å². The molecule has 0 saturated heterocycles. The molecule has 0 aromatic carbocycles. The van der Waals surface area contributed by atoms with Crippen LogP contribution >= 0.6 is 0 Å². The maximum absolute atomic E-state index is 8.75. The highest BCUT2D eigenvalue weighted by molar-refractivity contribution is 4.36. The quantitative estimate of drug-likeness (QED) is 0.295. The molecule has 6 nitrogen and oxygen atoms in total. The summed E-state index contributed by atoms with van der Waals surface area (Å²) in [6.45, 7) is 1.29. The van der Waals surface area contributed by atoms with Gasteiger partial charge in [-0.3, -0.25) is 0 Å². The highest BCUT2D eigenvalue weighted by atomic mass is 16.6. The molecule has 86 valence electrons. The van der Waals surface area contributed by atoms with Gasteiger partial charge in [-0.05, 0) is 0 Å². The first-order valence-corrected chi connectivity index (χ1v) is 4.48. The van der Waals surface area contributed by atoms with Crippen LogP contribution in [0.2, 0.25) is 0 Å². The predicted molar refractivity (Wildman–Crippen MR) is 47.8 cm³/mol. The maximum atomic E-state index is 8.75. The Morgan fingerprint density at radius 1 is 0.857 bits per heavy atom. The smallest absolute Gasteiger partial charge is 0.177 e. The normalized spacial score (nSPS) is 13.1. The summed E-state index contributed by atoms with van der Waals surface area (Å²) in [5.41, 5.74) is 0. The van der Waals surface area contributed by atoms with Crippen molar-refractivity contribution in [2.75, 3.05) is 46.2 Å². The number of rotatable bonds is 10. The standard InChI is InChI=1S/C8H18O6/c9-1-2-12-3-4-13-5-6-14-8(11)7-10/h8-11H,1-7H2. The lowest BCUT2D eigenvalue weighted by Gasteiger charge is -2.09. The number of aliphatic hydroxyl groups is 3. The first-order valence-electron chi connectivity index (χ1n) is 4.48. The van der Waals surface area contributed by atoms with E-state index in [1.807, 2.05) is 0 Å². The van der Waals surface area contributed by atoms with Crippen LogP contribution < -0.4 is 0 Å². The molecule has 6 heteroatoms. The zero-order valence-electron chi connectivity index (χ0n) is 8.09. The van der Waals surface area contributed by atoms with Gasteiger partial charge in [0.25, 0.3) is 0 Å². The van der Waals surface area contributed by atoms with E-state index in [0.29, 0.717) is 26.4 Å². The van der Waals surface area contributed by atoms with E-state index < -0.39 is 12.9 Å². The third kappa shape index (κ3) is 9.85. The third-order valence-electron chi connectivity index (χ3n) is 1.30. The minimum absolute atomic E-state index is 0.00576. The maximum Gasteiger partial charge on any atom is 0.177 e. The van der Waals surface area contributed by atoms with Gasteiger partial charge in [0.15, 0.2) is 6.29 Å². The highest BCUT2D eigenvalue weighted by Gasteiger charge is 1.99. The Morgan fingerprint density at radius 2 is 1.43 bits per heavy atom. The summed E-state index contributed by atoms with van der Waals surface area (Å²) in [6.07, 6.45) is -1.13. The van der Waals surface area contributed by atoms with Gasteiger partial charge >= 0.3 is 0 Å². The summed E-state index contributed by atoms with van der Waals surface area (Å²) >= 11 is 0. The number of aliphatic hydroxyl groups excluding tert-OH is 3. The predicted octanol–water partition coefficient (Wildman–Crippen LogP) is -1.66. The molecule has 0 fully saturated rings. The van der Waals surface area contributed by atoms with E-state index in [1.165, 1.54) is 0 Å². The zero-order valence-corrected chi connectivity index (χ0v) is 8.09. The average molecular weight is 210 g/mol. The molecule has 0 aliphatic carbocycles. The van der Waals surface area contributed by atoms with Crippen molar-refractivity contribution in [2.45, 2.75) is 6.29 Å². The van der Waals surface area contributed by atoms with Crippen LogP contribution in [-0.2, 0) is 14.2 Å². The van der Waals surface area contributed by atoms with Crippen molar-refractivity contribution >= 4 is 0 Å². The Morgan fingerprint density at radius 3 is 2.00 bits per heavy atom. The van der Waals surface area contributed by atoms with Crippen LogP contribution in [0.25, 0.3) is 0 Å². The van der Waals surface area contributed by atoms with Gasteiger partial charge in [0.1, 0.15) is 0 Å². The molecule has 0 aromatic heterocycles. The van der Waals surface area contributed by atoms with E-state index in [9.17, 15) is 0 Å². The van der Waals surface area contributed by atoms with Gasteiger partial charge in [-0.15, -0.1) is 0 Å². The van der Waals surface area contributed by atoms with Gasteiger partial charge in [-0.25, -0.2) is 0 Å². The lowest BCUT2D eigenvalue weighted by atomic mass is 10.6. The Kier molecular flexibility index (Phi) is 10.7. The molecule has 0 heterocycles. The first-order chi connectivity index (χ1) is 6.81. The second-order valence-electron chi connectivity index (χ2n) is 2.46. The van der Waals surface area contributed by atoms with E-state index in [2.05, 4.69) is 0 Å². The fraction of sp³-hybridized carbons (Fsp3) is 1.00. The van der Waals surface area contributed by atoms with Crippen molar-refractivity contribution in [3.8, 4) is 0 Å². The minimum atomic E-state index is -1.13. The Labute approximate surface area is 83.0 Å². The van der Waals surface area contributed by atoms with E-state index in [1.54, 1.807) is 0 Å². The Bertz CT molecular complexity index is 110. The highest BCUT2D eigenvalue weighted by Crippen LogP contribution is 1.85. The van der Waals surface area contributed by atoms with Crippen LogP contribution in [0.5, 0.6) is 0 Å². The van der Waals surface area contributed by atoms with Crippen molar-refractivity contribution in [1.82, 2.24) is 0 Å². The molecule has 0 aliphatic rings. The lowest BCUT2D eigenvalue weighted by molar-refractivity contribution is -0.135. The van der Waals surface area contributed by atoms with Gasteiger partial charge in [-0.2, -0.15) is 0 Å². The summed E-state index contributed by atoms with van der Waals surface area (Å²) < 4.78 is 14.7. The molecule has 0 saturated carbocycles. The number of hydrogen-bond acceptors (Lipinski definition) is 6. The Balaban J connectivity index is 2.92. The SMILES string of the molecule is OCCOCCOCCOC(O)CO. The number of hydrogen-bond donors (Lipinski definition) is 3. The van der Waals surface area contributed by atoms with E-state index >= 15 is 0 Å². The molecule has 0 bridgehead atoms. The van der Waals surface area contributed by atoms with Crippen molar-refractivity contribution < 1.29 is 29.5 Å². The van der Waals surface area contributed by atoms with Crippen LogP contribution in [0, 0.1) is 0 Å². The molecule has 0 spiro atoms. The molecule has 1 unspecified atom stereocenters. The molecular weight excluding hydrogens is 192 g/mol. The van der Waals surface area contributed by atoms with Gasteiger partial charge < -0.3 is 29.5 Å². The Hall–Kier alpha value is -0.240. The molecule has 3 N–H and O–H groups in total. The van der Waals surface area contributed by atoms with Crippen molar-refractivity contribution in [2.24, 2.45) is 0 Å². The van der Waals surface area contributed by atoms with E-state index in [0.717, 1.165) is 0 Å². The summed E-state index contributed by atoms with van der Waals surface area (Å²) in [5, 5.41) is 25.5. The van der Waals surface area contributed by atoms with Gasteiger partial charge in [0, 0.05) is 0 Å². The largest absolute Gasteiger partial charge is 0.394 e. The molecule has 0 aromatic rings. The summed E-state index contributed by atoms with van der Waals surface area (Å²) in [4.78, 5) is 0. The zero-order chi connectivity index (χ0) is 10.6. The second kappa shape index (κ2) is 10.8. The number of ether oxygens (including phenoxy) is 3. The van der Waals surface area contributed by atoms with Crippen molar-refractivity contribution in [3.63, 3.8) is 0 Å². The molecule has 0 rings (SSSR count). The molecule has 0 radical (unpaired) electrons. The fourth-order valence-electron chi connectivity index (χ4n) is 0.682. The van der Waals surface area contributed by atoms with E-state index in [-0.39, 0.29) is 13.2 Å². The summed E-state index contributed by atoms with van der Waals surface area (Å²) in [7, 11) is 0. The topological polar surface area (TPSA) is 88.4 Å². The monoisotopic (exact) mass is 210 g/mol. The third-order valence-corrected chi connectivity index (χ3v) is 1.30. The fourth-order valence-corrected chi connectivity index (χ4v) is 0.682. The van der Waals surface area contributed by atoms with Gasteiger partial charge in [0.05, 0.1) is 46.2 Å². The second-order valence-corrected chi connectivity index (χ2v) is 2.46. The molecule has 14 heavy (non-hydrogen) atoms. The van der Waals surface area contributed by atoms with E-state index in [4.69, 9.17) is 29.5 Å². The van der Waals surface area contributed by atoms with Crippen LogP contribution in [0.1, 0.15) is 0 Å². The molecule has 1 atom stereocenters. The van der Waals surface area contributed by atoms with Gasteiger partial charge in [-0.1, -0.05) is 0 Å². The van der Waals surface area contributed by atoms with Crippen LogP contribution in [-0.4, -0.2) is 67.9 Å². The van der Waals surface area contributed by atoms with Crippen molar-refractivity contribution in [3.05, 3.63) is 0 Å². The molecule has 0 amide bonds. The summed E-state index contributed by atoms with van der Waals surface area (Å²) in [6, 6.07) is 0. The van der Waals surface area contributed by atoms with Crippen LogP contribution in [0.3, 0.4) is 0 Å². The average Bonchev–Trinajstić information content (AvgIpc) is 2.21. The molecule has 0 aliphatic heterocycles. The van der Waals surface area contributed by atoms with Gasteiger partial charge in [0.2, 0.25) is 0 Å². The van der Waals surface area contributed by atoms with Crippen LogP contribution in [0.15, 0.2) is 0 Å². The van der Waals surface area contributed by atoms with Crippen LogP contribution in [0.4, 0.5) is 0 Å². The minimum Gasteiger partial charge on any atom is -0.394 e.